The second-order valence-corrected chi connectivity index (χ2v) is 7.63. The van der Waals surface area contributed by atoms with Gasteiger partial charge in [-0.15, -0.1) is 0 Å². The van der Waals surface area contributed by atoms with Gasteiger partial charge < -0.3 is 5.73 Å². The van der Waals surface area contributed by atoms with E-state index >= 15 is 0 Å². The molecule has 1 heterocycles. The molecule has 0 spiro atoms. The van der Waals surface area contributed by atoms with Crippen LogP contribution in [0.2, 0.25) is 0 Å². The molecule has 0 bridgehead atoms. The summed E-state index contributed by atoms with van der Waals surface area (Å²) in [7, 11) is 0. The SMILES string of the molecule is CC(C)Cc1ccc(C(C)(C(N)=O)C(C)N2CCCCC2)cc1. The van der Waals surface area contributed by atoms with E-state index in [1.807, 2.05) is 6.92 Å². The average molecular weight is 316 g/mol. The van der Waals surface area contributed by atoms with Crippen LogP contribution in [0.3, 0.4) is 0 Å². The minimum absolute atomic E-state index is 0.122. The quantitative estimate of drug-likeness (QED) is 0.873. The first kappa shape index (κ1) is 18.0. The zero-order valence-electron chi connectivity index (χ0n) is 15.1. The van der Waals surface area contributed by atoms with Crippen molar-refractivity contribution in [3.05, 3.63) is 35.4 Å². The molecule has 128 valence electrons. The molecule has 2 atom stereocenters. The van der Waals surface area contributed by atoms with Gasteiger partial charge in [-0.3, -0.25) is 9.69 Å². The summed E-state index contributed by atoms with van der Waals surface area (Å²) in [6.07, 6.45) is 4.79. The zero-order valence-corrected chi connectivity index (χ0v) is 15.1. The van der Waals surface area contributed by atoms with Crippen molar-refractivity contribution in [1.82, 2.24) is 4.90 Å². The molecule has 1 aromatic rings. The Kier molecular flexibility index (Phi) is 5.85. The van der Waals surface area contributed by atoms with E-state index in [1.54, 1.807) is 0 Å². The highest BCUT2D eigenvalue weighted by Crippen LogP contribution is 2.32. The molecule has 1 saturated heterocycles. The van der Waals surface area contributed by atoms with E-state index in [2.05, 4.69) is 49.9 Å². The van der Waals surface area contributed by atoms with E-state index in [0.29, 0.717) is 5.92 Å². The third kappa shape index (κ3) is 3.95. The number of rotatable bonds is 6. The number of amides is 1. The number of hydrogen-bond acceptors (Lipinski definition) is 2. The van der Waals surface area contributed by atoms with Gasteiger partial charge in [0.25, 0.3) is 0 Å². The van der Waals surface area contributed by atoms with E-state index in [9.17, 15) is 4.79 Å². The summed E-state index contributed by atoms with van der Waals surface area (Å²) in [6, 6.07) is 8.63. The van der Waals surface area contributed by atoms with Gasteiger partial charge in [0, 0.05) is 6.04 Å². The van der Waals surface area contributed by atoms with Gasteiger partial charge in [0.1, 0.15) is 0 Å². The van der Waals surface area contributed by atoms with E-state index in [-0.39, 0.29) is 11.9 Å². The van der Waals surface area contributed by atoms with Gasteiger partial charge in [-0.25, -0.2) is 0 Å². The first-order chi connectivity index (χ1) is 10.9. The minimum Gasteiger partial charge on any atom is -0.369 e. The molecule has 1 amide bonds. The molecule has 0 aliphatic carbocycles. The molecule has 1 fully saturated rings. The minimum atomic E-state index is -0.645. The lowest BCUT2D eigenvalue weighted by atomic mass is 9.74. The number of hydrogen-bond donors (Lipinski definition) is 1. The van der Waals surface area contributed by atoms with Crippen molar-refractivity contribution in [2.45, 2.75) is 64.8 Å². The summed E-state index contributed by atoms with van der Waals surface area (Å²) in [6.45, 7) is 10.7. The van der Waals surface area contributed by atoms with E-state index < -0.39 is 5.41 Å². The maximum absolute atomic E-state index is 12.4. The molecule has 3 heteroatoms. The number of piperidine rings is 1. The molecule has 0 radical (unpaired) electrons. The van der Waals surface area contributed by atoms with Crippen LogP contribution in [0.1, 0.15) is 58.1 Å². The van der Waals surface area contributed by atoms with Crippen LogP contribution in [0.4, 0.5) is 0 Å². The molecule has 3 nitrogen and oxygen atoms in total. The standard InChI is InChI=1S/C20H32N2O/c1-15(2)14-17-8-10-18(11-9-17)20(4,19(21)23)16(3)22-12-6-5-7-13-22/h8-11,15-16H,5-7,12-14H2,1-4H3,(H2,21,23). The summed E-state index contributed by atoms with van der Waals surface area (Å²) in [5.74, 6) is 0.405. The van der Waals surface area contributed by atoms with Gasteiger partial charge in [-0.05, 0) is 63.2 Å². The summed E-state index contributed by atoms with van der Waals surface area (Å²) >= 11 is 0. The number of carbonyl (C=O) groups excluding carboxylic acids is 1. The number of carbonyl (C=O) groups is 1. The van der Waals surface area contributed by atoms with Gasteiger partial charge in [-0.1, -0.05) is 44.5 Å². The Bertz CT molecular complexity index is 517. The molecule has 0 saturated carbocycles. The normalized spacial score (nSPS) is 20.2. The van der Waals surface area contributed by atoms with Gasteiger partial charge >= 0.3 is 0 Å². The van der Waals surface area contributed by atoms with Crippen LogP contribution in [0.15, 0.2) is 24.3 Å². The summed E-state index contributed by atoms with van der Waals surface area (Å²) in [5.41, 5.74) is 7.58. The molecule has 23 heavy (non-hydrogen) atoms. The van der Waals surface area contributed by atoms with Crippen molar-refractivity contribution in [2.75, 3.05) is 13.1 Å². The highest BCUT2D eigenvalue weighted by atomic mass is 16.1. The summed E-state index contributed by atoms with van der Waals surface area (Å²) in [4.78, 5) is 14.8. The fourth-order valence-electron chi connectivity index (χ4n) is 3.72. The molecular weight excluding hydrogens is 284 g/mol. The second kappa shape index (κ2) is 7.48. The predicted molar refractivity (Wildman–Crippen MR) is 96.4 cm³/mol. The third-order valence-electron chi connectivity index (χ3n) is 5.48. The Hall–Kier alpha value is -1.35. The first-order valence-electron chi connectivity index (χ1n) is 8.99. The number of primary amides is 1. The van der Waals surface area contributed by atoms with Crippen molar-refractivity contribution in [2.24, 2.45) is 11.7 Å². The van der Waals surface area contributed by atoms with Crippen LogP contribution in [0.25, 0.3) is 0 Å². The molecule has 1 aliphatic heterocycles. The van der Waals surface area contributed by atoms with Crippen molar-refractivity contribution in [3.63, 3.8) is 0 Å². The number of nitrogens with zero attached hydrogens (tertiary/aromatic N) is 1. The van der Waals surface area contributed by atoms with Crippen molar-refractivity contribution in [3.8, 4) is 0 Å². The highest BCUT2D eigenvalue weighted by Gasteiger charge is 2.42. The first-order valence-corrected chi connectivity index (χ1v) is 8.99. The topological polar surface area (TPSA) is 46.3 Å². The van der Waals surface area contributed by atoms with E-state index in [0.717, 1.165) is 25.1 Å². The Morgan fingerprint density at radius 3 is 2.17 bits per heavy atom. The molecule has 2 unspecified atom stereocenters. The third-order valence-corrected chi connectivity index (χ3v) is 5.48. The predicted octanol–water partition coefficient (Wildman–Crippen LogP) is 3.50. The zero-order chi connectivity index (χ0) is 17.0. The van der Waals surface area contributed by atoms with Crippen molar-refractivity contribution >= 4 is 5.91 Å². The lowest BCUT2D eigenvalue weighted by Crippen LogP contribution is -2.55. The summed E-state index contributed by atoms with van der Waals surface area (Å²) in [5, 5.41) is 0. The summed E-state index contributed by atoms with van der Waals surface area (Å²) < 4.78 is 0. The van der Waals surface area contributed by atoms with Crippen LogP contribution in [0.5, 0.6) is 0 Å². The Labute approximate surface area is 141 Å². The maximum Gasteiger partial charge on any atom is 0.229 e. The monoisotopic (exact) mass is 316 g/mol. The maximum atomic E-state index is 12.4. The molecule has 1 aliphatic rings. The van der Waals surface area contributed by atoms with Crippen LogP contribution >= 0.6 is 0 Å². The number of nitrogens with two attached hydrogens (primary N) is 1. The Balaban J connectivity index is 2.26. The highest BCUT2D eigenvalue weighted by molar-refractivity contribution is 5.87. The largest absolute Gasteiger partial charge is 0.369 e. The van der Waals surface area contributed by atoms with Crippen molar-refractivity contribution in [1.29, 1.82) is 0 Å². The van der Waals surface area contributed by atoms with Crippen LogP contribution in [0, 0.1) is 5.92 Å². The van der Waals surface area contributed by atoms with E-state index in [4.69, 9.17) is 5.73 Å². The van der Waals surface area contributed by atoms with Crippen LogP contribution in [-0.2, 0) is 16.6 Å². The van der Waals surface area contributed by atoms with Crippen LogP contribution < -0.4 is 5.73 Å². The number of benzene rings is 1. The Morgan fingerprint density at radius 2 is 1.70 bits per heavy atom. The number of likely N-dealkylation sites (tertiary alicyclic amines) is 1. The lowest BCUT2D eigenvalue weighted by molar-refractivity contribution is -0.125. The Morgan fingerprint density at radius 1 is 1.13 bits per heavy atom. The molecular formula is C20H32N2O. The second-order valence-electron chi connectivity index (χ2n) is 7.63. The van der Waals surface area contributed by atoms with Gasteiger partial charge in [-0.2, -0.15) is 0 Å². The molecule has 2 N–H and O–H groups in total. The van der Waals surface area contributed by atoms with Gasteiger partial charge in [0.05, 0.1) is 5.41 Å². The van der Waals surface area contributed by atoms with Gasteiger partial charge in [0.15, 0.2) is 0 Å². The molecule has 0 aromatic heterocycles. The van der Waals surface area contributed by atoms with Crippen LogP contribution in [-0.4, -0.2) is 29.9 Å². The fraction of sp³-hybridized carbons (Fsp3) is 0.650. The smallest absolute Gasteiger partial charge is 0.229 e. The lowest BCUT2D eigenvalue weighted by Gasteiger charge is -2.42. The fourth-order valence-corrected chi connectivity index (χ4v) is 3.72. The average Bonchev–Trinajstić information content (AvgIpc) is 2.54. The van der Waals surface area contributed by atoms with Crippen molar-refractivity contribution < 1.29 is 4.79 Å². The molecule has 2 rings (SSSR count). The van der Waals surface area contributed by atoms with E-state index in [1.165, 1.54) is 24.8 Å². The van der Waals surface area contributed by atoms with Gasteiger partial charge in [0.2, 0.25) is 5.91 Å². The molecule has 1 aromatic carbocycles.